The Bertz CT molecular complexity index is 1160. The van der Waals surface area contributed by atoms with Gasteiger partial charge in [0.25, 0.3) is 5.91 Å². The third-order valence-electron chi connectivity index (χ3n) is 6.64. The molecule has 0 saturated carbocycles. The van der Waals surface area contributed by atoms with Crippen LogP contribution < -0.4 is 14.8 Å². The Morgan fingerprint density at radius 1 is 1.11 bits per heavy atom. The summed E-state index contributed by atoms with van der Waals surface area (Å²) in [7, 11) is 5.03. The van der Waals surface area contributed by atoms with Crippen molar-refractivity contribution >= 4 is 17.7 Å². The Morgan fingerprint density at radius 3 is 2.60 bits per heavy atom. The second-order valence-corrected chi connectivity index (χ2v) is 9.69. The average Bonchev–Trinajstić information content (AvgIpc) is 3.29. The molecule has 8 heteroatoms. The van der Waals surface area contributed by atoms with Crippen molar-refractivity contribution in [3.8, 4) is 22.8 Å². The van der Waals surface area contributed by atoms with Crippen LogP contribution in [0.3, 0.4) is 0 Å². The van der Waals surface area contributed by atoms with Crippen molar-refractivity contribution in [2.45, 2.75) is 24.3 Å². The number of nitrogens with zero attached hydrogens (tertiary/aromatic N) is 3. The minimum absolute atomic E-state index is 0.107. The number of piperidine rings is 1. The van der Waals surface area contributed by atoms with E-state index >= 15 is 0 Å². The van der Waals surface area contributed by atoms with Crippen LogP contribution in [0.1, 0.15) is 28.9 Å². The summed E-state index contributed by atoms with van der Waals surface area (Å²) in [4.78, 5) is 16.8. The highest BCUT2D eigenvalue weighted by molar-refractivity contribution is 7.98. The lowest BCUT2D eigenvalue weighted by Gasteiger charge is -2.32. The first kappa shape index (κ1) is 25.1. The highest BCUT2D eigenvalue weighted by Gasteiger charge is 2.22. The van der Waals surface area contributed by atoms with E-state index in [4.69, 9.17) is 9.47 Å². The van der Waals surface area contributed by atoms with Crippen molar-refractivity contribution in [1.82, 2.24) is 20.0 Å². The fourth-order valence-electron chi connectivity index (χ4n) is 4.58. The smallest absolute Gasteiger partial charge is 0.269 e. The molecule has 0 unspecified atom stereocenters. The maximum atomic E-state index is 13.0. The summed E-state index contributed by atoms with van der Waals surface area (Å²) in [6, 6.07) is 16.0. The molecule has 1 aliphatic heterocycles. The Labute approximate surface area is 211 Å². The average molecular weight is 495 g/mol. The SMILES string of the molecule is COc1ccc(OC)c(-c2cc(C(=O)NCC3CCN(Cc4ccccc4SC)CC3)n(C)n2)c1. The molecule has 1 aliphatic rings. The zero-order chi connectivity index (χ0) is 24.8. The van der Waals surface area contributed by atoms with Gasteiger partial charge < -0.3 is 14.8 Å². The lowest BCUT2D eigenvalue weighted by molar-refractivity contribution is 0.0925. The summed E-state index contributed by atoms with van der Waals surface area (Å²) in [6.07, 6.45) is 4.30. The van der Waals surface area contributed by atoms with Crippen LogP contribution in [0.2, 0.25) is 0 Å². The molecule has 1 amide bonds. The van der Waals surface area contributed by atoms with Crippen molar-refractivity contribution in [3.63, 3.8) is 0 Å². The van der Waals surface area contributed by atoms with E-state index in [1.165, 1.54) is 10.5 Å². The van der Waals surface area contributed by atoms with Crippen LogP contribution in [0.4, 0.5) is 0 Å². The Morgan fingerprint density at radius 2 is 1.89 bits per heavy atom. The van der Waals surface area contributed by atoms with Gasteiger partial charge in [-0.05, 0) is 74.0 Å². The first-order valence-electron chi connectivity index (χ1n) is 11.9. The largest absolute Gasteiger partial charge is 0.497 e. The fraction of sp³-hybridized carbons (Fsp3) is 0.407. The van der Waals surface area contributed by atoms with Crippen LogP contribution in [0.25, 0.3) is 11.3 Å². The van der Waals surface area contributed by atoms with Gasteiger partial charge in [-0.25, -0.2) is 0 Å². The van der Waals surface area contributed by atoms with Crippen LogP contribution in [-0.2, 0) is 13.6 Å². The fourth-order valence-corrected chi connectivity index (χ4v) is 5.19. The number of amides is 1. The third kappa shape index (κ3) is 6.00. The molecule has 0 aliphatic carbocycles. The van der Waals surface area contributed by atoms with Crippen LogP contribution in [0.15, 0.2) is 53.4 Å². The molecular formula is C27H34N4O3S. The third-order valence-corrected chi connectivity index (χ3v) is 7.48. The molecule has 1 saturated heterocycles. The number of methoxy groups -OCH3 is 2. The van der Waals surface area contributed by atoms with Crippen molar-refractivity contribution in [2.24, 2.45) is 13.0 Å². The number of aromatic nitrogens is 2. The molecule has 3 aromatic rings. The maximum absolute atomic E-state index is 13.0. The molecule has 0 bridgehead atoms. The molecule has 2 heterocycles. The van der Waals surface area contributed by atoms with E-state index in [1.54, 1.807) is 43.8 Å². The quantitative estimate of drug-likeness (QED) is 0.443. The van der Waals surface area contributed by atoms with E-state index < -0.39 is 0 Å². The standard InChI is InChI=1S/C27H34N4O3S/c1-30-24(16-23(29-30)22-15-21(33-2)9-10-25(22)34-3)27(32)28-17-19-11-13-31(14-12-19)18-20-7-5-6-8-26(20)35-4/h5-10,15-16,19H,11-14,17-18H2,1-4H3,(H,28,32). The summed E-state index contributed by atoms with van der Waals surface area (Å²) in [6.45, 7) is 3.77. The predicted octanol–water partition coefficient (Wildman–Crippen LogP) is 4.47. The van der Waals surface area contributed by atoms with Crippen molar-refractivity contribution < 1.29 is 14.3 Å². The highest BCUT2D eigenvalue weighted by Crippen LogP contribution is 2.33. The van der Waals surface area contributed by atoms with Gasteiger partial charge >= 0.3 is 0 Å². The molecular weight excluding hydrogens is 460 g/mol. The number of benzene rings is 2. The van der Waals surface area contributed by atoms with Crippen molar-refractivity contribution in [1.29, 1.82) is 0 Å². The number of likely N-dealkylation sites (tertiary alicyclic amines) is 1. The summed E-state index contributed by atoms with van der Waals surface area (Å²) < 4.78 is 12.4. The van der Waals surface area contributed by atoms with Gasteiger partial charge in [-0.1, -0.05) is 18.2 Å². The monoisotopic (exact) mass is 494 g/mol. The molecule has 0 atom stereocenters. The second kappa shape index (κ2) is 11.6. The molecule has 2 aromatic carbocycles. The normalized spacial score (nSPS) is 14.6. The van der Waals surface area contributed by atoms with E-state index in [9.17, 15) is 4.79 Å². The number of carbonyl (C=O) groups is 1. The molecule has 0 radical (unpaired) electrons. The zero-order valence-electron chi connectivity index (χ0n) is 20.9. The minimum Gasteiger partial charge on any atom is -0.497 e. The number of hydrogen-bond acceptors (Lipinski definition) is 6. The lowest BCUT2D eigenvalue weighted by atomic mass is 9.96. The Balaban J connectivity index is 1.33. The van der Waals surface area contributed by atoms with Gasteiger partial charge in [-0.2, -0.15) is 5.10 Å². The van der Waals surface area contributed by atoms with Crippen molar-refractivity contribution in [2.75, 3.05) is 40.1 Å². The summed E-state index contributed by atoms with van der Waals surface area (Å²) in [5, 5.41) is 7.69. The molecule has 4 rings (SSSR count). The zero-order valence-corrected chi connectivity index (χ0v) is 21.7. The maximum Gasteiger partial charge on any atom is 0.269 e. The van der Waals surface area contributed by atoms with E-state index in [2.05, 4.69) is 45.8 Å². The number of nitrogens with one attached hydrogen (secondary N) is 1. The van der Waals surface area contributed by atoms with Gasteiger partial charge in [0, 0.05) is 30.6 Å². The summed E-state index contributed by atoms with van der Waals surface area (Å²) >= 11 is 1.80. The van der Waals surface area contributed by atoms with Gasteiger partial charge in [0.15, 0.2) is 0 Å². The topological polar surface area (TPSA) is 68.6 Å². The number of hydrogen-bond donors (Lipinski definition) is 1. The number of rotatable bonds is 9. The molecule has 7 nitrogen and oxygen atoms in total. The van der Waals surface area contributed by atoms with E-state index in [1.807, 2.05) is 18.2 Å². The lowest BCUT2D eigenvalue weighted by Crippen LogP contribution is -2.38. The van der Waals surface area contributed by atoms with Crippen LogP contribution >= 0.6 is 11.8 Å². The Hall–Kier alpha value is -2.97. The Kier molecular flexibility index (Phi) is 8.36. The van der Waals surface area contributed by atoms with Gasteiger partial charge in [0.1, 0.15) is 17.2 Å². The predicted molar refractivity (Wildman–Crippen MR) is 140 cm³/mol. The van der Waals surface area contributed by atoms with Gasteiger partial charge in [0.05, 0.1) is 19.9 Å². The number of aryl methyl sites for hydroxylation is 1. The van der Waals surface area contributed by atoms with Crippen LogP contribution in [0.5, 0.6) is 11.5 Å². The number of thioether (sulfide) groups is 1. The number of ether oxygens (including phenoxy) is 2. The second-order valence-electron chi connectivity index (χ2n) is 8.85. The molecule has 1 fully saturated rings. The molecule has 1 N–H and O–H groups in total. The van der Waals surface area contributed by atoms with Crippen molar-refractivity contribution in [3.05, 3.63) is 59.8 Å². The van der Waals surface area contributed by atoms with E-state index in [-0.39, 0.29) is 5.91 Å². The first-order valence-corrected chi connectivity index (χ1v) is 13.1. The highest BCUT2D eigenvalue weighted by atomic mass is 32.2. The van der Waals surface area contributed by atoms with Gasteiger partial charge in [-0.3, -0.25) is 14.4 Å². The number of carbonyl (C=O) groups excluding carboxylic acids is 1. The minimum atomic E-state index is -0.107. The van der Waals surface area contributed by atoms with Crippen LogP contribution in [0, 0.1) is 5.92 Å². The molecule has 35 heavy (non-hydrogen) atoms. The van der Waals surface area contributed by atoms with Gasteiger partial charge in [0.2, 0.25) is 0 Å². The van der Waals surface area contributed by atoms with E-state index in [0.29, 0.717) is 35.3 Å². The van der Waals surface area contributed by atoms with Crippen LogP contribution in [-0.4, -0.2) is 60.7 Å². The summed E-state index contributed by atoms with van der Waals surface area (Å²) in [5.41, 5.74) is 3.38. The molecule has 186 valence electrons. The van der Waals surface area contributed by atoms with Gasteiger partial charge in [-0.15, -0.1) is 11.8 Å². The summed E-state index contributed by atoms with van der Waals surface area (Å²) in [5.74, 6) is 1.77. The first-order chi connectivity index (χ1) is 17.0. The molecule has 0 spiro atoms. The van der Waals surface area contributed by atoms with E-state index in [0.717, 1.165) is 38.0 Å². The molecule has 1 aromatic heterocycles.